The number of anilines is 1. The number of aromatic nitrogens is 2. The number of H-pyrrole nitrogens is 1. The molecular formula is C19H13F4N3O. The van der Waals surface area contributed by atoms with Gasteiger partial charge in [0.25, 0.3) is 0 Å². The second kappa shape index (κ2) is 7.45. The molecular weight excluding hydrogens is 362 g/mol. The van der Waals surface area contributed by atoms with Crippen molar-refractivity contribution in [2.75, 3.05) is 5.32 Å². The maximum absolute atomic E-state index is 13.3. The van der Waals surface area contributed by atoms with E-state index in [2.05, 4.69) is 10.4 Å². The van der Waals surface area contributed by atoms with Crippen molar-refractivity contribution in [2.24, 2.45) is 0 Å². The first-order valence-corrected chi connectivity index (χ1v) is 7.80. The van der Waals surface area contributed by atoms with E-state index in [1.807, 2.05) is 5.10 Å². The van der Waals surface area contributed by atoms with Crippen molar-refractivity contribution in [3.8, 4) is 11.1 Å². The fraction of sp³-hybridized carbons (Fsp3) is 0.0526. The summed E-state index contributed by atoms with van der Waals surface area (Å²) in [5, 5.41) is 7.86. The van der Waals surface area contributed by atoms with Crippen LogP contribution in [0.4, 0.5) is 23.4 Å². The molecule has 4 nitrogen and oxygen atoms in total. The smallest absolute Gasteiger partial charge is 0.305 e. The topological polar surface area (TPSA) is 57.8 Å². The van der Waals surface area contributed by atoms with E-state index < -0.39 is 23.6 Å². The van der Waals surface area contributed by atoms with Gasteiger partial charge >= 0.3 is 6.18 Å². The summed E-state index contributed by atoms with van der Waals surface area (Å²) in [5.74, 6) is -1.41. The zero-order valence-electron chi connectivity index (χ0n) is 13.7. The van der Waals surface area contributed by atoms with Crippen molar-refractivity contribution < 1.29 is 22.4 Å². The molecule has 0 fully saturated rings. The lowest BCUT2D eigenvalue weighted by atomic mass is 10.1. The molecule has 0 saturated heterocycles. The van der Waals surface area contributed by atoms with E-state index in [0.29, 0.717) is 5.56 Å². The number of rotatable bonds is 4. The molecule has 0 aliphatic carbocycles. The molecule has 0 aliphatic rings. The fourth-order valence-corrected chi connectivity index (χ4v) is 2.46. The number of benzene rings is 2. The number of alkyl halides is 3. The Labute approximate surface area is 151 Å². The van der Waals surface area contributed by atoms with E-state index >= 15 is 0 Å². The van der Waals surface area contributed by atoms with Crippen molar-refractivity contribution in [1.82, 2.24) is 10.2 Å². The fourth-order valence-electron chi connectivity index (χ4n) is 2.46. The minimum Gasteiger partial charge on any atom is -0.305 e. The third-order valence-electron chi connectivity index (χ3n) is 3.63. The number of halogens is 4. The molecule has 0 unspecified atom stereocenters. The molecule has 138 valence electrons. The average Bonchev–Trinajstić information content (AvgIpc) is 3.05. The Hall–Kier alpha value is -3.42. The minimum atomic E-state index is -4.67. The van der Waals surface area contributed by atoms with E-state index in [4.69, 9.17) is 0 Å². The van der Waals surface area contributed by atoms with Crippen LogP contribution in [0, 0.1) is 5.82 Å². The summed E-state index contributed by atoms with van der Waals surface area (Å²) < 4.78 is 52.9. The Morgan fingerprint density at radius 2 is 1.81 bits per heavy atom. The lowest BCUT2D eigenvalue weighted by Gasteiger charge is -2.09. The summed E-state index contributed by atoms with van der Waals surface area (Å²) in [5.41, 5.74) is -0.622. The molecule has 8 heteroatoms. The van der Waals surface area contributed by atoms with Crippen molar-refractivity contribution in [3.05, 3.63) is 77.7 Å². The molecule has 0 saturated carbocycles. The highest BCUT2D eigenvalue weighted by Crippen LogP contribution is 2.39. The summed E-state index contributed by atoms with van der Waals surface area (Å²) in [7, 11) is 0. The predicted octanol–water partition coefficient (Wildman–Crippen LogP) is 4.89. The second-order valence-electron chi connectivity index (χ2n) is 5.56. The van der Waals surface area contributed by atoms with Gasteiger partial charge in [-0.1, -0.05) is 42.5 Å². The molecule has 1 heterocycles. The zero-order valence-corrected chi connectivity index (χ0v) is 13.7. The van der Waals surface area contributed by atoms with Gasteiger partial charge in [0.2, 0.25) is 5.91 Å². The Kier molecular flexibility index (Phi) is 5.07. The van der Waals surface area contributed by atoms with E-state index in [1.165, 1.54) is 36.4 Å². The largest absolute Gasteiger partial charge is 0.433 e. The molecule has 0 spiro atoms. The Morgan fingerprint density at radius 1 is 1.07 bits per heavy atom. The lowest BCUT2D eigenvalue weighted by Crippen LogP contribution is -2.10. The molecule has 1 amide bonds. The van der Waals surface area contributed by atoms with Crippen molar-refractivity contribution >= 4 is 17.8 Å². The van der Waals surface area contributed by atoms with Gasteiger partial charge in [0.05, 0.1) is 5.56 Å². The molecule has 2 N–H and O–H groups in total. The molecule has 1 aromatic heterocycles. The molecule has 2 aromatic carbocycles. The molecule has 0 aliphatic heterocycles. The second-order valence-corrected chi connectivity index (χ2v) is 5.56. The van der Waals surface area contributed by atoms with Gasteiger partial charge in [-0.2, -0.15) is 18.3 Å². The van der Waals surface area contributed by atoms with Crippen LogP contribution in [-0.2, 0) is 11.0 Å². The first kappa shape index (κ1) is 18.4. The normalized spacial score (nSPS) is 11.7. The average molecular weight is 375 g/mol. The summed E-state index contributed by atoms with van der Waals surface area (Å²) >= 11 is 0. The van der Waals surface area contributed by atoms with E-state index in [-0.39, 0.29) is 16.9 Å². The summed E-state index contributed by atoms with van der Waals surface area (Å²) in [6.45, 7) is 0. The van der Waals surface area contributed by atoms with Gasteiger partial charge in [0.15, 0.2) is 5.82 Å². The summed E-state index contributed by atoms with van der Waals surface area (Å²) in [4.78, 5) is 12.1. The summed E-state index contributed by atoms with van der Waals surface area (Å²) in [6, 6.07) is 13.3. The van der Waals surface area contributed by atoms with Crippen molar-refractivity contribution in [3.63, 3.8) is 0 Å². The maximum Gasteiger partial charge on any atom is 0.433 e. The monoisotopic (exact) mass is 375 g/mol. The standard InChI is InChI=1S/C19H13F4N3O/c20-14-8-4-5-12(11-14)9-10-15(27)24-18-16(13-6-2-1-3-7-13)17(25-26-18)19(21,22)23/h1-11H,(H2,24,25,26,27)/b10-9+. The van der Waals surface area contributed by atoms with Gasteiger partial charge in [0, 0.05) is 6.08 Å². The van der Waals surface area contributed by atoms with Crippen LogP contribution in [0.15, 0.2) is 60.7 Å². The van der Waals surface area contributed by atoms with Gasteiger partial charge in [-0.25, -0.2) is 4.39 Å². The number of hydrogen-bond acceptors (Lipinski definition) is 2. The van der Waals surface area contributed by atoms with Crippen LogP contribution in [0.3, 0.4) is 0 Å². The van der Waals surface area contributed by atoms with Gasteiger partial charge in [-0.15, -0.1) is 0 Å². The maximum atomic E-state index is 13.3. The SMILES string of the molecule is O=C(/C=C/c1cccc(F)c1)Nc1n[nH]c(C(F)(F)F)c1-c1ccccc1. The highest BCUT2D eigenvalue weighted by Gasteiger charge is 2.38. The number of hydrogen-bond donors (Lipinski definition) is 2. The number of aromatic amines is 1. The zero-order chi connectivity index (χ0) is 19.4. The van der Waals surface area contributed by atoms with Crippen LogP contribution < -0.4 is 5.32 Å². The van der Waals surface area contributed by atoms with Gasteiger partial charge < -0.3 is 5.32 Å². The third kappa shape index (κ3) is 4.41. The Morgan fingerprint density at radius 3 is 2.48 bits per heavy atom. The first-order valence-electron chi connectivity index (χ1n) is 7.80. The Balaban J connectivity index is 1.89. The quantitative estimate of drug-likeness (QED) is 0.504. The van der Waals surface area contributed by atoms with Crippen molar-refractivity contribution in [2.45, 2.75) is 6.18 Å². The van der Waals surface area contributed by atoms with E-state index in [9.17, 15) is 22.4 Å². The molecule has 0 atom stereocenters. The van der Waals surface area contributed by atoms with Crippen molar-refractivity contribution in [1.29, 1.82) is 0 Å². The van der Waals surface area contributed by atoms with Gasteiger partial charge in [0.1, 0.15) is 11.5 Å². The third-order valence-corrected chi connectivity index (χ3v) is 3.63. The van der Waals surface area contributed by atoms with E-state index in [0.717, 1.165) is 6.08 Å². The molecule has 0 radical (unpaired) electrons. The van der Waals surface area contributed by atoms with Crippen LogP contribution in [0.5, 0.6) is 0 Å². The number of amides is 1. The number of nitrogens with one attached hydrogen (secondary N) is 2. The van der Waals surface area contributed by atoms with E-state index in [1.54, 1.807) is 24.3 Å². The summed E-state index contributed by atoms with van der Waals surface area (Å²) in [6.07, 6.45) is -2.23. The van der Waals surface area contributed by atoms with Crippen LogP contribution in [0.25, 0.3) is 17.2 Å². The number of nitrogens with zero attached hydrogens (tertiary/aromatic N) is 1. The number of carbonyl (C=O) groups is 1. The van der Waals surface area contributed by atoms with Crippen LogP contribution >= 0.6 is 0 Å². The molecule has 3 rings (SSSR count). The van der Waals surface area contributed by atoms with Crippen LogP contribution in [0.1, 0.15) is 11.3 Å². The lowest BCUT2D eigenvalue weighted by molar-refractivity contribution is -0.140. The van der Waals surface area contributed by atoms with Gasteiger partial charge in [-0.05, 0) is 29.3 Å². The van der Waals surface area contributed by atoms with Gasteiger partial charge in [-0.3, -0.25) is 9.89 Å². The highest BCUT2D eigenvalue weighted by atomic mass is 19.4. The molecule has 27 heavy (non-hydrogen) atoms. The first-order chi connectivity index (χ1) is 12.8. The van der Waals surface area contributed by atoms with Crippen LogP contribution in [-0.4, -0.2) is 16.1 Å². The predicted molar refractivity (Wildman–Crippen MR) is 93.1 cm³/mol. The highest BCUT2D eigenvalue weighted by molar-refractivity contribution is 6.03. The van der Waals surface area contributed by atoms with Crippen LogP contribution in [0.2, 0.25) is 0 Å². The Bertz CT molecular complexity index is 978. The molecule has 0 bridgehead atoms. The minimum absolute atomic E-state index is 0.248. The number of carbonyl (C=O) groups excluding carboxylic acids is 1. The molecule has 3 aromatic rings.